The van der Waals surface area contributed by atoms with Crippen molar-refractivity contribution >= 4 is 11.3 Å². The van der Waals surface area contributed by atoms with E-state index in [0.29, 0.717) is 6.04 Å². The molecule has 1 N–H and O–H groups in total. The molecular weight excluding hydrogens is 230 g/mol. The van der Waals surface area contributed by atoms with Crippen molar-refractivity contribution in [1.29, 1.82) is 0 Å². The summed E-state index contributed by atoms with van der Waals surface area (Å²) >= 11 is 1.77. The minimum atomic E-state index is 0.614. The molecule has 0 aliphatic carbocycles. The molecule has 0 aromatic carbocycles. The van der Waals surface area contributed by atoms with E-state index < -0.39 is 0 Å². The highest BCUT2D eigenvalue weighted by Gasteiger charge is 2.19. The zero-order valence-electron chi connectivity index (χ0n) is 10.9. The average molecular weight is 253 g/mol. The van der Waals surface area contributed by atoms with Crippen molar-refractivity contribution in [1.82, 2.24) is 15.2 Å². The molecule has 3 nitrogen and oxygen atoms in total. The number of nitrogens with zero attached hydrogens (tertiary/aromatic N) is 2. The lowest BCUT2D eigenvalue weighted by Gasteiger charge is -2.31. The van der Waals surface area contributed by atoms with Gasteiger partial charge in [0.2, 0.25) is 0 Å². The van der Waals surface area contributed by atoms with Gasteiger partial charge in [0, 0.05) is 17.6 Å². The van der Waals surface area contributed by atoms with Crippen LogP contribution in [0.3, 0.4) is 0 Å². The number of thiazole rings is 1. The fourth-order valence-electron chi connectivity index (χ4n) is 2.27. The van der Waals surface area contributed by atoms with Crippen LogP contribution < -0.4 is 5.32 Å². The van der Waals surface area contributed by atoms with Gasteiger partial charge >= 0.3 is 0 Å². The summed E-state index contributed by atoms with van der Waals surface area (Å²) in [5, 5.41) is 6.86. The SMILES string of the molecule is CC(C)NCC1CCN(Cc2nccs2)CC1. The molecule has 1 aliphatic rings. The van der Waals surface area contributed by atoms with E-state index in [0.717, 1.165) is 12.5 Å². The zero-order chi connectivity index (χ0) is 12.1. The highest BCUT2D eigenvalue weighted by Crippen LogP contribution is 2.19. The minimum absolute atomic E-state index is 0.614. The molecule has 96 valence electrons. The van der Waals surface area contributed by atoms with E-state index in [9.17, 15) is 0 Å². The largest absolute Gasteiger partial charge is 0.314 e. The molecule has 4 heteroatoms. The van der Waals surface area contributed by atoms with Crippen molar-refractivity contribution in [2.75, 3.05) is 19.6 Å². The third-order valence-corrected chi connectivity index (χ3v) is 4.13. The molecule has 1 aromatic rings. The van der Waals surface area contributed by atoms with Crippen molar-refractivity contribution in [3.05, 3.63) is 16.6 Å². The Morgan fingerprint density at radius 1 is 1.47 bits per heavy atom. The lowest BCUT2D eigenvalue weighted by atomic mass is 9.96. The van der Waals surface area contributed by atoms with Gasteiger partial charge < -0.3 is 5.32 Å². The van der Waals surface area contributed by atoms with Gasteiger partial charge in [0.25, 0.3) is 0 Å². The third-order valence-electron chi connectivity index (χ3n) is 3.36. The topological polar surface area (TPSA) is 28.2 Å². The van der Waals surface area contributed by atoms with Crippen molar-refractivity contribution in [2.45, 2.75) is 39.3 Å². The number of rotatable bonds is 5. The van der Waals surface area contributed by atoms with E-state index in [-0.39, 0.29) is 0 Å². The Balaban J connectivity index is 1.67. The second-order valence-electron chi connectivity index (χ2n) is 5.21. The number of nitrogens with one attached hydrogen (secondary N) is 1. The van der Waals surface area contributed by atoms with Crippen molar-refractivity contribution in [2.24, 2.45) is 5.92 Å². The molecule has 1 saturated heterocycles. The number of piperidine rings is 1. The van der Waals surface area contributed by atoms with E-state index in [2.05, 4.69) is 34.4 Å². The van der Waals surface area contributed by atoms with Crippen LogP contribution in [-0.2, 0) is 6.54 Å². The fraction of sp³-hybridized carbons (Fsp3) is 0.769. The lowest BCUT2D eigenvalue weighted by molar-refractivity contribution is 0.174. The van der Waals surface area contributed by atoms with Crippen molar-refractivity contribution < 1.29 is 0 Å². The molecule has 1 aromatic heterocycles. The second kappa shape index (κ2) is 6.47. The standard InChI is InChI=1S/C13H23N3S/c1-11(2)15-9-12-3-6-16(7-4-12)10-13-14-5-8-17-13/h5,8,11-12,15H,3-4,6-7,9-10H2,1-2H3. The summed E-state index contributed by atoms with van der Waals surface area (Å²) < 4.78 is 0. The van der Waals surface area contributed by atoms with Gasteiger partial charge in [-0.3, -0.25) is 4.90 Å². The zero-order valence-corrected chi connectivity index (χ0v) is 11.7. The Morgan fingerprint density at radius 2 is 2.24 bits per heavy atom. The summed E-state index contributed by atoms with van der Waals surface area (Å²) in [7, 11) is 0. The van der Waals surface area contributed by atoms with Crippen LogP contribution in [0.25, 0.3) is 0 Å². The summed E-state index contributed by atoms with van der Waals surface area (Å²) in [6, 6.07) is 0.614. The van der Waals surface area contributed by atoms with Crippen LogP contribution in [0.2, 0.25) is 0 Å². The second-order valence-corrected chi connectivity index (χ2v) is 6.19. The molecule has 0 bridgehead atoms. The Hall–Kier alpha value is -0.450. The van der Waals surface area contributed by atoms with E-state index in [1.54, 1.807) is 11.3 Å². The molecule has 2 heterocycles. The predicted octanol–water partition coefficient (Wildman–Crippen LogP) is 2.35. The predicted molar refractivity (Wildman–Crippen MR) is 73.3 cm³/mol. The number of hydrogen-bond donors (Lipinski definition) is 1. The third kappa shape index (κ3) is 4.37. The average Bonchev–Trinajstić information content (AvgIpc) is 2.81. The maximum Gasteiger partial charge on any atom is 0.107 e. The van der Waals surface area contributed by atoms with E-state index >= 15 is 0 Å². The molecule has 0 saturated carbocycles. The van der Waals surface area contributed by atoms with Crippen molar-refractivity contribution in [3.63, 3.8) is 0 Å². The van der Waals surface area contributed by atoms with Crippen LogP contribution in [0.15, 0.2) is 11.6 Å². The number of likely N-dealkylation sites (tertiary alicyclic amines) is 1. The summed E-state index contributed by atoms with van der Waals surface area (Å²) in [6.45, 7) is 9.12. The normalized spacial score (nSPS) is 19.0. The Labute approximate surface area is 108 Å². The first-order valence-electron chi connectivity index (χ1n) is 6.58. The lowest BCUT2D eigenvalue weighted by Crippen LogP contribution is -2.38. The van der Waals surface area contributed by atoms with Gasteiger partial charge in [-0.1, -0.05) is 13.8 Å². The number of aromatic nitrogens is 1. The minimum Gasteiger partial charge on any atom is -0.314 e. The molecule has 1 aliphatic heterocycles. The summed E-state index contributed by atoms with van der Waals surface area (Å²) in [5.74, 6) is 0.866. The molecule has 0 atom stereocenters. The van der Waals surface area contributed by atoms with Crippen LogP contribution >= 0.6 is 11.3 Å². The highest BCUT2D eigenvalue weighted by molar-refractivity contribution is 7.09. The molecule has 0 unspecified atom stereocenters. The van der Waals surface area contributed by atoms with Gasteiger partial charge in [-0.05, 0) is 38.4 Å². The van der Waals surface area contributed by atoms with E-state index in [4.69, 9.17) is 0 Å². The Morgan fingerprint density at radius 3 is 2.82 bits per heavy atom. The summed E-state index contributed by atoms with van der Waals surface area (Å²) in [5.41, 5.74) is 0. The van der Waals surface area contributed by atoms with Crippen LogP contribution in [0.4, 0.5) is 0 Å². The van der Waals surface area contributed by atoms with E-state index in [1.165, 1.54) is 37.5 Å². The maximum atomic E-state index is 4.35. The molecule has 17 heavy (non-hydrogen) atoms. The van der Waals surface area contributed by atoms with Gasteiger partial charge in [-0.2, -0.15) is 0 Å². The van der Waals surface area contributed by atoms with Gasteiger partial charge in [0.1, 0.15) is 5.01 Å². The molecule has 0 radical (unpaired) electrons. The summed E-state index contributed by atoms with van der Waals surface area (Å²) in [6.07, 6.45) is 4.55. The Bertz CT molecular complexity index is 302. The molecule has 1 fully saturated rings. The molecule has 2 rings (SSSR count). The fourth-order valence-corrected chi connectivity index (χ4v) is 2.93. The van der Waals surface area contributed by atoms with Crippen molar-refractivity contribution in [3.8, 4) is 0 Å². The van der Waals surface area contributed by atoms with Gasteiger partial charge in [-0.25, -0.2) is 4.98 Å². The first kappa shape index (κ1) is 13.0. The summed E-state index contributed by atoms with van der Waals surface area (Å²) in [4.78, 5) is 6.89. The van der Waals surface area contributed by atoms with Gasteiger partial charge in [0.15, 0.2) is 0 Å². The van der Waals surface area contributed by atoms with E-state index in [1.807, 2.05) is 6.20 Å². The first-order valence-corrected chi connectivity index (χ1v) is 7.46. The van der Waals surface area contributed by atoms with Crippen LogP contribution in [0.1, 0.15) is 31.7 Å². The van der Waals surface area contributed by atoms with Crippen LogP contribution in [0, 0.1) is 5.92 Å². The smallest absolute Gasteiger partial charge is 0.107 e. The van der Waals surface area contributed by atoms with Gasteiger partial charge in [0.05, 0.1) is 6.54 Å². The quantitative estimate of drug-likeness (QED) is 0.873. The monoisotopic (exact) mass is 253 g/mol. The van der Waals surface area contributed by atoms with Gasteiger partial charge in [-0.15, -0.1) is 11.3 Å². The first-order chi connectivity index (χ1) is 8.24. The Kier molecular flexibility index (Phi) is 4.95. The van der Waals surface area contributed by atoms with Crippen LogP contribution in [-0.4, -0.2) is 35.6 Å². The highest BCUT2D eigenvalue weighted by atomic mass is 32.1. The molecule has 0 amide bonds. The maximum absolute atomic E-state index is 4.35. The molecular formula is C13H23N3S. The molecule has 0 spiro atoms. The number of hydrogen-bond acceptors (Lipinski definition) is 4. The van der Waals surface area contributed by atoms with Crippen LogP contribution in [0.5, 0.6) is 0 Å².